The van der Waals surface area contributed by atoms with Crippen molar-refractivity contribution in [1.82, 2.24) is 67.3 Å². The molecular formula is C96H128N14O15S. The number of aldehydes is 1. The molecule has 9 aromatic heterocycles. The van der Waals surface area contributed by atoms with E-state index in [4.69, 9.17) is 28.2 Å². The van der Waals surface area contributed by atoms with Gasteiger partial charge in [-0.05, 0) is 280 Å². The topological polar surface area (TPSA) is 316 Å². The number of carbonyl (C=O) groups is 6. The Bertz CT molecular complexity index is 5300. The van der Waals surface area contributed by atoms with Crippen molar-refractivity contribution in [2.75, 3.05) is 32.7 Å². The lowest BCUT2D eigenvalue weighted by Crippen LogP contribution is -2.41. The number of benzene rings is 1. The molecular weight excluding hydrogens is 1620 g/mol. The number of hydrogen-bond acceptors (Lipinski definition) is 18. The van der Waals surface area contributed by atoms with E-state index in [0.29, 0.717) is 84.1 Å². The predicted molar refractivity (Wildman–Crippen MR) is 485 cm³/mol. The van der Waals surface area contributed by atoms with E-state index in [0.717, 1.165) is 96.2 Å². The van der Waals surface area contributed by atoms with E-state index in [-0.39, 0.29) is 42.8 Å². The lowest BCUT2D eigenvalue weighted by atomic mass is 10.1. The molecule has 0 aliphatic carbocycles. The van der Waals surface area contributed by atoms with Crippen molar-refractivity contribution in [1.29, 1.82) is 0 Å². The van der Waals surface area contributed by atoms with Crippen molar-refractivity contribution in [2.24, 2.45) is 0 Å². The minimum atomic E-state index is -4.02. The summed E-state index contributed by atoms with van der Waals surface area (Å²) < 4.78 is 67.4. The van der Waals surface area contributed by atoms with Gasteiger partial charge in [0, 0.05) is 173 Å². The molecule has 29 nitrogen and oxygen atoms in total. The maximum absolute atomic E-state index is 12.2. The summed E-state index contributed by atoms with van der Waals surface area (Å²) in [5.74, 6) is 0. The summed E-state index contributed by atoms with van der Waals surface area (Å²) in [7, 11) is -4.02. The third kappa shape index (κ3) is 31.8. The van der Waals surface area contributed by atoms with Crippen molar-refractivity contribution in [3.63, 3.8) is 0 Å². The highest BCUT2D eigenvalue weighted by Crippen LogP contribution is 2.29. The zero-order valence-corrected chi connectivity index (χ0v) is 76.1. The first-order valence-electron chi connectivity index (χ1n) is 42.1. The average molecular weight is 1750 g/mol. The smallest absolute Gasteiger partial charge is 0.410 e. The Balaban J connectivity index is 0.000000187. The van der Waals surface area contributed by atoms with Crippen LogP contribution in [-0.4, -0.2) is 183 Å². The molecule has 0 bridgehead atoms. The number of hydrogen-bond donors (Lipinski definition) is 2. The summed E-state index contributed by atoms with van der Waals surface area (Å²) in [6.07, 6.45) is 22.0. The first kappa shape index (κ1) is 99.3. The number of amides is 5. The minimum Gasteiger partial charge on any atom is -0.444 e. The highest BCUT2D eigenvalue weighted by atomic mass is 32.2. The summed E-state index contributed by atoms with van der Waals surface area (Å²) in [6.45, 7) is 41.8. The maximum Gasteiger partial charge on any atom is 0.410 e. The van der Waals surface area contributed by atoms with Gasteiger partial charge in [-0.3, -0.25) is 29.3 Å². The molecule has 5 amide bonds. The van der Waals surface area contributed by atoms with Crippen LogP contribution in [0.5, 0.6) is 0 Å². The zero-order chi connectivity index (χ0) is 91.0. The molecule has 0 saturated heterocycles. The van der Waals surface area contributed by atoms with Crippen molar-refractivity contribution < 1.29 is 70.5 Å². The quantitative estimate of drug-likeness (QED) is 0.0730. The lowest BCUT2D eigenvalue weighted by molar-refractivity contribution is 0.0186. The Morgan fingerprint density at radius 2 is 0.754 bits per heavy atom. The Hall–Kier alpha value is -12.2. The van der Waals surface area contributed by atoms with Crippen LogP contribution in [0.2, 0.25) is 0 Å². The van der Waals surface area contributed by atoms with Crippen molar-refractivity contribution in [3.05, 3.63) is 268 Å². The van der Waals surface area contributed by atoms with E-state index >= 15 is 0 Å². The second-order valence-electron chi connectivity index (χ2n) is 35.8. The van der Waals surface area contributed by atoms with Gasteiger partial charge in [-0.25, -0.2) is 24.0 Å². The van der Waals surface area contributed by atoms with E-state index in [1.807, 2.05) is 208 Å². The number of aliphatic hydroxyl groups is 1. The summed E-state index contributed by atoms with van der Waals surface area (Å²) in [5, 5.41) is 10.6. The third-order valence-electron chi connectivity index (χ3n) is 19.8. The molecule has 2 N–H and O–H groups in total. The second-order valence-corrected chi connectivity index (χ2v) is 37.3. The zero-order valence-electron chi connectivity index (χ0n) is 75.3. The van der Waals surface area contributed by atoms with Gasteiger partial charge >= 0.3 is 30.5 Å². The van der Waals surface area contributed by atoms with Crippen LogP contribution in [0.25, 0.3) is 12.2 Å². The first-order chi connectivity index (χ1) is 58.9. The van der Waals surface area contributed by atoms with E-state index in [1.54, 1.807) is 79.9 Å². The van der Waals surface area contributed by atoms with Gasteiger partial charge in [-0.2, -0.15) is 8.42 Å². The number of fused-ring (bicyclic) bond motifs is 5. The number of pyridine rings is 4. The molecule has 1 aromatic carbocycles. The number of aryl methyl sites for hydroxylation is 4. The fraction of sp³-hybridized carbons (Fsp3) is 0.438. The number of aliphatic hydroxyl groups excluding tert-OH is 1. The molecule has 10 aromatic rings. The van der Waals surface area contributed by atoms with Gasteiger partial charge in [0.15, 0.2) is 6.29 Å². The Labute approximate surface area is 742 Å². The van der Waals surface area contributed by atoms with Crippen LogP contribution in [0.4, 0.5) is 24.0 Å². The monoisotopic (exact) mass is 1750 g/mol. The standard InChI is InChI=1S/C19H25N3O3.C19H25N3O2.C19H23N3O2.C13H18N2O3.C12H18N2O2.C7H8O3S.C6H7N.CH4/c1-19(2,3)25-18(24)21-10-11-22-15(13-21)4-5-16(22)17(23)12-14-6-8-20-9-7-14;2*1-19(2,3)24-18(23)21-12-13-22-16(6-7-17(22)14-21)5-4-15-8-10-20-11-9-15;1-13(2,3)18-12(17)14-6-7-15-10(8-14)4-5-11(15)9-16;1-12(2,3)16-11(15)14-8-7-13-6-4-5-10(13)9-14;1-6-2-4-7(5-3-6)11(8,9)10;1-6-2-4-7-5-3-6;/h4-9,17,23H,10-13H2,1-3H3;6-11H,4-5,12-14H2,1-3H3;4-11H,12-14H2,1-3H3;4-5,9H,6-8H2,1-3H3;4-6H,7-9H2,1-3H3;2-5H,1H3,(H,8,9,10);2-5H,1H3;1H4/b;;5-4+;;;;;. The van der Waals surface area contributed by atoms with Crippen molar-refractivity contribution in [3.8, 4) is 0 Å². The third-order valence-corrected chi connectivity index (χ3v) is 20.7. The predicted octanol–water partition coefficient (Wildman–Crippen LogP) is 17.7. The molecule has 5 aliphatic heterocycles. The molecule has 5 aliphatic rings. The van der Waals surface area contributed by atoms with Crippen LogP contribution in [0.15, 0.2) is 194 Å². The highest BCUT2D eigenvalue weighted by Gasteiger charge is 2.33. The molecule has 30 heteroatoms. The molecule has 0 spiro atoms. The molecule has 14 heterocycles. The van der Waals surface area contributed by atoms with Crippen molar-refractivity contribution >= 4 is 59.0 Å². The number of nitrogens with zero attached hydrogens (tertiary/aromatic N) is 14. The molecule has 15 rings (SSSR count). The van der Waals surface area contributed by atoms with Crippen LogP contribution >= 0.6 is 0 Å². The molecule has 678 valence electrons. The summed E-state index contributed by atoms with van der Waals surface area (Å²) in [5.41, 5.74) is 12.8. The van der Waals surface area contributed by atoms with Crippen LogP contribution in [0.3, 0.4) is 0 Å². The van der Waals surface area contributed by atoms with E-state index < -0.39 is 44.2 Å². The molecule has 1 atom stereocenters. The fourth-order valence-electron chi connectivity index (χ4n) is 13.7. The van der Waals surface area contributed by atoms with Crippen LogP contribution in [-0.2, 0) is 119 Å². The number of ether oxygens (including phenoxy) is 5. The van der Waals surface area contributed by atoms with Gasteiger partial charge in [0.25, 0.3) is 10.1 Å². The van der Waals surface area contributed by atoms with E-state index in [2.05, 4.69) is 86.8 Å². The second kappa shape index (κ2) is 44.6. The number of aromatic nitrogens is 9. The molecule has 126 heavy (non-hydrogen) atoms. The molecule has 0 fully saturated rings. The Morgan fingerprint density at radius 3 is 1.18 bits per heavy atom. The lowest BCUT2D eigenvalue weighted by Gasteiger charge is -2.32. The molecule has 0 saturated carbocycles. The van der Waals surface area contributed by atoms with Gasteiger partial charge in [-0.1, -0.05) is 31.2 Å². The number of rotatable bonds is 10. The van der Waals surface area contributed by atoms with Gasteiger partial charge in [0.2, 0.25) is 0 Å². The first-order valence-corrected chi connectivity index (χ1v) is 43.5. The van der Waals surface area contributed by atoms with Gasteiger partial charge in [0.1, 0.15) is 28.0 Å². The van der Waals surface area contributed by atoms with Gasteiger partial charge in [0.05, 0.1) is 49.4 Å². The van der Waals surface area contributed by atoms with Gasteiger partial charge in [-0.15, -0.1) is 0 Å². The molecule has 1 unspecified atom stereocenters. The summed E-state index contributed by atoms with van der Waals surface area (Å²) >= 11 is 0. The minimum absolute atomic E-state index is 0. The van der Waals surface area contributed by atoms with Gasteiger partial charge < -0.3 is 76.1 Å². The average Bonchev–Trinajstić information content (AvgIpc) is 1.65. The summed E-state index contributed by atoms with van der Waals surface area (Å²) in [4.78, 5) is 95.8. The SMILES string of the molecule is C.CC(C)(C)OC(=O)N1CCn2c(/C=C/c3ccncc3)ccc2C1.CC(C)(C)OC(=O)N1CCn2c(C=O)ccc2C1.CC(C)(C)OC(=O)N1CCn2c(CCc3ccncc3)ccc2C1.CC(C)(C)OC(=O)N1CCn2c(ccc2C(O)Cc2ccncc2)C1.CC(C)(C)OC(=O)N1CCn2cccc2C1.Cc1ccc(S(=O)(=O)O)cc1.Cc1ccncc1. The Morgan fingerprint density at radius 1 is 0.397 bits per heavy atom. The van der Waals surface area contributed by atoms with E-state index in [1.165, 1.54) is 34.6 Å². The maximum atomic E-state index is 12.2. The number of carbonyl (C=O) groups excluding carboxylic acids is 6. The highest BCUT2D eigenvalue weighted by molar-refractivity contribution is 7.85. The largest absolute Gasteiger partial charge is 0.444 e. The molecule has 0 radical (unpaired) electrons. The summed E-state index contributed by atoms with van der Waals surface area (Å²) in [6, 6.07) is 41.9. The van der Waals surface area contributed by atoms with Crippen LogP contribution in [0, 0.1) is 13.8 Å². The van der Waals surface area contributed by atoms with Crippen LogP contribution in [0.1, 0.15) is 201 Å². The van der Waals surface area contributed by atoms with E-state index in [9.17, 15) is 42.3 Å². The van der Waals surface area contributed by atoms with Crippen LogP contribution < -0.4 is 0 Å². The normalized spacial score (nSPS) is 14.3. The fourth-order valence-corrected chi connectivity index (χ4v) is 14.2. The van der Waals surface area contributed by atoms with Crippen molar-refractivity contribution in [2.45, 2.75) is 249 Å². The Kier molecular flexibility index (Phi) is 35.2.